The Labute approximate surface area is 222 Å². The molecular weight excluding hydrogens is 483 g/mol. The van der Waals surface area contributed by atoms with Crippen LogP contribution < -0.4 is 10.4 Å². The number of rotatable bonds is 5. The summed E-state index contributed by atoms with van der Waals surface area (Å²) in [5.41, 5.74) is 7.19. The SMILES string of the molecule is Cc1c(B(O)O)c(C)c(N2CCN(C(=O)OCC3c4ccccc4-c4ccccc43)CC2)c(C)c1C(=O)O. The van der Waals surface area contributed by atoms with Crippen molar-refractivity contribution in [2.24, 2.45) is 0 Å². The Kier molecular flexibility index (Phi) is 6.90. The molecule has 1 aliphatic carbocycles. The van der Waals surface area contributed by atoms with Gasteiger partial charge < -0.3 is 29.7 Å². The third kappa shape index (κ3) is 4.31. The molecule has 1 amide bonds. The maximum absolute atomic E-state index is 13.0. The quantitative estimate of drug-likeness (QED) is 0.449. The van der Waals surface area contributed by atoms with E-state index in [0.717, 1.165) is 11.1 Å². The van der Waals surface area contributed by atoms with Crippen molar-refractivity contribution in [3.8, 4) is 11.1 Å². The molecule has 5 rings (SSSR count). The fraction of sp³-hybridized carbons (Fsp3) is 0.310. The molecule has 38 heavy (non-hydrogen) atoms. The number of hydrogen-bond donors (Lipinski definition) is 3. The van der Waals surface area contributed by atoms with Gasteiger partial charge >= 0.3 is 19.2 Å². The number of carbonyl (C=O) groups is 2. The summed E-state index contributed by atoms with van der Waals surface area (Å²) in [5.74, 6) is -1.12. The van der Waals surface area contributed by atoms with Crippen LogP contribution in [0.25, 0.3) is 11.1 Å². The molecule has 0 bridgehead atoms. The number of hydrogen-bond acceptors (Lipinski definition) is 6. The highest BCUT2D eigenvalue weighted by Gasteiger charge is 2.33. The Morgan fingerprint density at radius 2 is 1.42 bits per heavy atom. The topological polar surface area (TPSA) is 111 Å². The van der Waals surface area contributed by atoms with Crippen molar-refractivity contribution in [2.75, 3.05) is 37.7 Å². The van der Waals surface area contributed by atoms with E-state index in [0.29, 0.717) is 48.6 Å². The molecule has 0 aromatic heterocycles. The lowest BCUT2D eigenvalue weighted by molar-refractivity contribution is 0.0695. The predicted molar refractivity (Wildman–Crippen MR) is 146 cm³/mol. The summed E-state index contributed by atoms with van der Waals surface area (Å²) >= 11 is 0. The number of ether oxygens (including phenoxy) is 1. The number of anilines is 1. The molecule has 1 saturated heterocycles. The molecule has 0 radical (unpaired) electrons. The van der Waals surface area contributed by atoms with Crippen LogP contribution in [0.5, 0.6) is 0 Å². The lowest BCUT2D eigenvalue weighted by Crippen LogP contribution is -2.50. The van der Waals surface area contributed by atoms with Gasteiger partial charge in [-0.3, -0.25) is 0 Å². The van der Waals surface area contributed by atoms with E-state index in [1.165, 1.54) is 11.1 Å². The minimum Gasteiger partial charge on any atom is -0.478 e. The molecule has 2 aliphatic rings. The number of amides is 1. The number of aromatic carboxylic acids is 1. The second-order valence-corrected chi connectivity index (χ2v) is 9.97. The molecule has 196 valence electrons. The molecule has 8 nitrogen and oxygen atoms in total. The summed E-state index contributed by atoms with van der Waals surface area (Å²) in [4.78, 5) is 28.7. The van der Waals surface area contributed by atoms with Crippen LogP contribution in [0.15, 0.2) is 48.5 Å². The van der Waals surface area contributed by atoms with Crippen molar-refractivity contribution in [1.29, 1.82) is 0 Å². The van der Waals surface area contributed by atoms with E-state index in [9.17, 15) is 24.7 Å². The van der Waals surface area contributed by atoms with E-state index in [4.69, 9.17) is 4.74 Å². The van der Waals surface area contributed by atoms with Crippen molar-refractivity contribution < 1.29 is 29.5 Å². The average Bonchev–Trinajstić information content (AvgIpc) is 3.21. The van der Waals surface area contributed by atoms with Crippen LogP contribution in [-0.2, 0) is 4.74 Å². The van der Waals surface area contributed by atoms with Crippen molar-refractivity contribution in [2.45, 2.75) is 26.7 Å². The number of carbonyl (C=O) groups excluding carboxylic acids is 1. The lowest BCUT2D eigenvalue weighted by Gasteiger charge is -2.38. The third-order valence-corrected chi connectivity index (χ3v) is 7.93. The zero-order chi connectivity index (χ0) is 27.1. The molecule has 3 N–H and O–H groups in total. The molecule has 0 saturated carbocycles. The fourth-order valence-corrected chi connectivity index (χ4v) is 6.20. The van der Waals surface area contributed by atoms with Gasteiger partial charge in [0.05, 0.1) is 5.56 Å². The first-order valence-corrected chi connectivity index (χ1v) is 12.8. The van der Waals surface area contributed by atoms with Gasteiger partial charge in [0, 0.05) is 37.8 Å². The monoisotopic (exact) mass is 514 g/mol. The molecule has 1 heterocycles. The van der Waals surface area contributed by atoms with Gasteiger partial charge in [0.25, 0.3) is 0 Å². The molecule has 0 spiro atoms. The largest absolute Gasteiger partial charge is 0.489 e. The van der Waals surface area contributed by atoms with Crippen molar-refractivity contribution in [3.63, 3.8) is 0 Å². The van der Waals surface area contributed by atoms with Gasteiger partial charge in [-0.25, -0.2) is 9.59 Å². The molecule has 3 aromatic carbocycles. The fourth-order valence-electron chi connectivity index (χ4n) is 6.20. The van der Waals surface area contributed by atoms with E-state index in [-0.39, 0.29) is 29.6 Å². The van der Waals surface area contributed by atoms with Crippen LogP contribution in [0.1, 0.15) is 44.1 Å². The Balaban J connectivity index is 1.29. The average molecular weight is 514 g/mol. The summed E-state index contributed by atoms with van der Waals surface area (Å²) in [5, 5.41) is 29.7. The highest BCUT2D eigenvalue weighted by atomic mass is 16.6. The summed E-state index contributed by atoms with van der Waals surface area (Å²) in [6, 6.07) is 16.4. The number of fused-ring (bicyclic) bond motifs is 3. The Morgan fingerprint density at radius 1 is 0.868 bits per heavy atom. The van der Waals surface area contributed by atoms with E-state index in [1.54, 1.807) is 25.7 Å². The summed E-state index contributed by atoms with van der Waals surface area (Å²) in [7, 11) is -1.78. The number of nitrogens with zero attached hydrogens (tertiary/aromatic N) is 2. The summed E-state index contributed by atoms with van der Waals surface area (Å²) in [6.07, 6.45) is -0.374. The van der Waals surface area contributed by atoms with Crippen LogP contribution in [0.2, 0.25) is 0 Å². The third-order valence-electron chi connectivity index (χ3n) is 7.93. The normalized spacial score (nSPS) is 14.8. The number of piperazine rings is 1. The number of benzene rings is 3. The first-order chi connectivity index (χ1) is 18.2. The lowest BCUT2D eigenvalue weighted by atomic mass is 9.71. The van der Waals surface area contributed by atoms with Crippen LogP contribution in [0.3, 0.4) is 0 Å². The maximum atomic E-state index is 13.0. The summed E-state index contributed by atoms with van der Waals surface area (Å²) in [6.45, 7) is 7.10. The van der Waals surface area contributed by atoms with Gasteiger partial charge in [0.2, 0.25) is 0 Å². The molecule has 1 aliphatic heterocycles. The van der Waals surface area contributed by atoms with Gasteiger partial charge in [0.1, 0.15) is 6.61 Å². The van der Waals surface area contributed by atoms with Crippen LogP contribution in [0.4, 0.5) is 10.5 Å². The Bertz CT molecular complexity index is 1370. The minimum atomic E-state index is -1.78. The van der Waals surface area contributed by atoms with E-state index < -0.39 is 13.1 Å². The van der Waals surface area contributed by atoms with E-state index in [1.807, 2.05) is 29.2 Å². The molecule has 1 fully saturated rings. The molecule has 9 heteroatoms. The predicted octanol–water partition coefficient (Wildman–Crippen LogP) is 3.06. The van der Waals surface area contributed by atoms with E-state index >= 15 is 0 Å². The summed E-state index contributed by atoms with van der Waals surface area (Å²) < 4.78 is 5.81. The van der Waals surface area contributed by atoms with Crippen molar-refractivity contribution in [3.05, 3.63) is 81.9 Å². The van der Waals surface area contributed by atoms with Crippen LogP contribution in [-0.4, -0.2) is 72.0 Å². The van der Waals surface area contributed by atoms with Crippen molar-refractivity contribution >= 4 is 30.3 Å². The molecular formula is C29H31BN2O6. The smallest absolute Gasteiger partial charge is 0.478 e. The van der Waals surface area contributed by atoms with Gasteiger partial charge in [-0.05, 0) is 65.2 Å². The first kappa shape index (κ1) is 25.8. The van der Waals surface area contributed by atoms with Gasteiger partial charge in [0.15, 0.2) is 0 Å². The molecule has 3 aromatic rings. The Hall–Kier alpha value is -3.82. The van der Waals surface area contributed by atoms with Gasteiger partial charge in [-0.15, -0.1) is 0 Å². The highest BCUT2D eigenvalue weighted by Crippen LogP contribution is 2.44. The van der Waals surface area contributed by atoms with Gasteiger partial charge in [-0.1, -0.05) is 48.5 Å². The molecule has 0 unspecified atom stereocenters. The highest BCUT2D eigenvalue weighted by molar-refractivity contribution is 6.60. The molecule has 0 atom stereocenters. The van der Waals surface area contributed by atoms with Crippen LogP contribution >= 0.6 is 0 Å². The second kappa shape index (κ2) is 10.2. The van der Waals surface area contributed by atoms with Gasteiger partial charge in [-0.2, -0.15) is 0 Å². The number of carboxylic acids is 1. The minimum absolute atomic E-state index is 0.0109. The standard InChI is InChI=1S/C29H31BN2O6/c1-17-25(28(33)34)18(2)27(19(3)26(17)30(36)37)31-12-14-32(15-13-31)29(35)38-16-24-22-10-6-4-8-20(22)21-9-5-7-11-23(21)24/h4-11,24,36-37H,12-16H2,1-3H3,(H,33,34). The van der Waals surface area contributed by atoms with E-state index in [2.05, 4.69) is 24.3 Å². The maximum Gasteiger partial charge on any atom is 0.489 e. The first-order valence-electron chi connectivity index (χ1n) is 12.8. The number of carboxylic acid groups (broad SMARTS) is 1. The zero-order valence-corrected chi connectivity index (χ0v) is 21.8. The second-order valence-electron chi connectivity index (χ2n) is 9.97. The zero-order valence-electron chi connectivity index (χ0n) is 21.8. The van der Waals surface area contributed by atoms with Crippen molar-refractivity contribution in [1.82, 2.24) is 4.90 Å². The Morgan fingerprint density at radius 3 is 1.95 bits per heavy atom. The van der Waals surface area contributed by atoms with Crippen LogP contribution in [0, 0.1) is 20.8 Å².